The maximum atomic E-state index is 11.5. The Labute approximate surface area is 122 Å². The van der Waals surface area contributed by atoms with Crippen molar-refractivity contribution >= 4 is 5.78 Å². The summed E-state index contributed by atoms with van der Waals surface area (Å²) < 4.78 is 0. The molecule has 1 fully saturated rings. The van der Waals surface area contributed by atoms with Crippen LogP contribution in [0, 0.1) is 5.41 Å². The molecule has 1 aromatic rings. The highest BCUT2D eigenvalue weighted by Crippen LogP contribution is 2.52. The predicted octanol–water partition coefficient (Wildman–Crippen LogP) is 3.74. The number of rotatable bonds is 1. The zero-order valence-corrected chi connectivity index (χ0v) is 12.5. The fraction of sp³-hybridized carbons (Fsp3) is 0.500. The Bertz CT molecular complexity index is 496. The number of Topliss-reactive ketones (excluding diaryl/α,β-unsaturated/α-hetero) is 1. The van der Waals surface area contributed by atoms with Crippen LogP contribution in [0.25, 0.3) is 0 Å². The Kier molecular flexibility index (Phi) is 4.44. The lowest BCUT2D eigenvalue weighted by molar-refractivity contribution is -0.122. The molecule has 2 N–H and O–H groups in total. The number of hydrogen-bond donors (Lipinski definition) is 1. The van der Waals surface area contributed by atoms with Crippen LogP contribution in [0.2, 0.25) is 0 Å². The molecule has 0 saturated heterocycles. The molecule has 2 heteroatoms. The van der Waals surface area contributed by atoms with E-state index in [1.807, 2.05) is 0 Å². The molecular formula is C18H25NO. The summed E-state index contributed by atoms with van der Waals surface area (Å²) in [7, 11) is 0. The van der Waals surface area contributed by atoms with E-state index in [0.29, 0.717) is 5.78 Å². The summed E-state index contributed by atoms with van der Waals surface area (Å²) in [5.74, 6) is 0.416. The number of hydrogen-bond acceptors (Lipinski definition) is 2. The topological polar surface area (TPSA) is 43.1 Å². The van der Waals surface area contributed by atoms with Gasteiger partial charge >= 0.3 is 0 Å². The molecule has 0 aromatic heterocycles. The number of benzene rings is 1. The van der Waals surface area contributed by atoms with Crippen molar-refractivity contribution in [2.24, 2.45) is 11.1 Å². The molecule has 20 heavy (non-hydrogen) atoms. The minimum Gasteiger partial charge on any atom is -0.323 e. The van der Waals surface area contributed by atoms with Crippen LogP contribution < -0.4 is 5.73 Å². The summed E-state index contributed by atoms with van der Waals surface area (Å²) in [5, 5.41) is 0. The standard InChI is InChI=1S/C16H21NO.C2H4/c1-2-11-4-3-5-13-14(11)10-16(15(13)17)8-6-12(18)7-9-16;1-2/h3-5,15H,2,6-10,17H2,1H3;1-2H2. The third kappa shape index (κ3) is 2.33. The third-order valence-corrected chi connectivity index (χ3v) is 5.02. The van der Waals surface area contributed by atoms with Crippen LogP contribution in [0.4, 0.5) is 0 Å². The van der Waals surface area contributed by atoms with E-state index in [1.165, 1.54) is 16.7 Å². The average molecular weight is 271 g/mol. The molecule has 0 amide bonds. The number of carbonyl (C=O) groups is 1. The fourth-order valence-electron chi connectivity index (χ4n) is 3.80. The summed E-state index contributed by atoms with van der Waals surface area (Å²) in [6.07, 6.45) is 5.56. The van der Waals surface area contributed by atoms with E-state index >= 15 is 0 Å². The van der Waals surface area contributed by atoms with E-state index in [-0.39, 0.29) is 11.5 Å². The highest BCUT2D eigenvalue weighted by molar-refractivity contribution is 5.79. The quantitative estimate of drug-likeness (QED) is 0.791. The van der Waals surface area contributed by atoms with Crippen molar-refractivity contribution in [3.8, 4) is 0 Å². The largest absolute Gasteiger partial charge is 0.323 e. The minimum absolute atomic E-state index is 0.132. The van der Waals surface area contributed by atoms with Gasteiger partial charge in [-0.15, -0.1) is 13.2 Å². The number of nitrogens with two attached hydrogens (primary N) is 1. The predicted molar refractivity (Wildman–Crippen MR) is 83.6 cm³/mol. The Morgan fingerprint density at radius 1 is 1.30 bits per heavy atom. The molecule has 1 saturated carbocycles. The normalized spacial score (nSPS) is 23.1. The summed E-state index contributed by atoms with van der Waals surface area (Å²) >= 11 is 0. The summed E-state index contributed by atoms with van der Waals surface area (Å²) in [4.78, 5) is 11.5. The van der Waals surface area contributed by atoms with Crippen molar-refractivity contribution in [3.05, 3.63) is 48.0 Å². The molecule has 1 aromatic carbocycles. The lowest BCUT2D eigenvalue weighted by Gasteiger charge is -2.36. The molecule has 1 unspecified atom stereocenters. The van der Waals surface area contributed by atoms with Crippen LogP contribution in [0.1, 0.15) is 55.3 Å². The van der Waals surface area contributed by atoms with Gasteiger partial charge in [-0.2, -0.15) is 0 Å². The van der Waals surface area contributed by atoms with E-state index in [2.05, 4.69) is 38.3 Å². The summed E-state index contributed by atoms with van der Waals surface area (Å²) in [6.45, 7) is 8.20. The van der Waals surface area contributed by atoms with Gasteiger partial charge in [-0.25, -0.2) is 0 Å². The van der Waals surface area contributed by atoms with Crippen molar-refractivity contribution in [2.45, 2.75) is 51.5 Å². The van der Waals surface area contributed by atoms with Crippen molar-refractivity contribution in [3.63, 3.8) is 0 Å². The van der Waals surface area contributed by atoms with Crippen LogP contribution in [0.15, 0.2) is 31.4 Å². The van der Waals surface area contributed by atoms with Crippen LogP contribution in [-0.4, -0.2) is 5.78 Å². The number of carbonyl (C=O) groups excluding carboxylic acids is 1. The van der Waals surface area contributed by atoms with Crippen LogP contribution in [0.3, 0.4) is 0 Å². The van der Waals surface area contributed by atoms with Gasteiger partial charge < -0.3 is 5.73 Å². The van der Waals surface area contributed by atoms with E-state index in [1.54, 1.807) is 0 Å². The monoisotopic (exact) mass is 271 g/mol. The van der Waals surface area contributed by atoms with Crippen molar-refractivity contribution < 1.29 is 4.79 Å². The van der Waals surface area contributed by atoms with Crippen molar-refractivity contribution in [2.75, 3.05) is 0 Å². The average Bonchev–Trinajstić information content (AvgIpc) is 2.78. The SMILES string of the molecule is C=C.CCc1cccc2c1CC1(CCC(=O)CC1)C2N. The Morgan fingerprint density at radius 3 is 2.55 bits per heavy atom. The van der Waals surface area contributed by atoms with Gasteiger partial charge in [-0.05, 0) is 47.8 Å². The minimum atomic E-state index is 0.132. The first kappa shape index (κ1) is 15.0. The molecule has 1 atom stereocenters. The third-order valence-electron chi connectivity index (χ3n) is 5.02. The van der Waals surface area contributed by atoms with Crippen LogP contribution >= 0.6 is 0 Å². The van der Waals surface area contributed by atoms with E-state index < -0.39 is 0 Å². The van der Waals surface area contributed by atoms with Gasteiger partial charge in [0.1, 0.15) is 5.78 Å². The van der Waals surface area contributed by atoms with E-state index in [0.717, 1.165) is 38.5 Å². The first-order chi connectivity index (χ1) is 9.66. The van der Waals surface area contributed by atoms with Gasteiger partial charge in [0.15, 0.2) is 0 Å². The van der Waals surface area contributed by atoms with Gasteiger partial charge in [-0.3, -0.25) is 4.79 Å². The molecule has 2 nitrogen and oxygen atoms in total. The molecule has 1 spiro atoms. The van der Waals surface area contributed by atoms with Crippen LogP contribution in [0.5, 0.6) is 0 Å². The maximum absolute atomic E-state index is 11.5. The highest BCUT2D eigenvalue weighted by atomic mass is 16.1. The number of aryl methyl sites for hydroxylation is 1. The van der Waals surface area contributed by atoms with Gasteiger partial charge in [0.25, 0.3) is 0 Å². The Morgan fingerprint density at radius 2 is 1.95 bits per heavy atom. The second kappa shape index (κ2) is 5.92. The molecule has 2 aliphatic carbocycles. The van der Waals surface area contributed by atoms with Gasteiger partial charge in [-0.1, -0.05) is 25.1 Å². The van der Waals surface area contributed by atoms with Crippen molar-refractivity contribution in [1.82, 2.24) is 0 Å². The first-order valence-corrected chi connectivity index (χ1v) is 7.54. The molecule has 0 bridgehead atoms. The zero-order valence-electron chi connectivity index (χ0n) is 12.5. The fourth-order valence-corrected chi connectivity index (χ4v) is 3.80. The molecule has 2 aliphatic rings. The zero-order chi connectivity index (χ0) is 14.8. The molecule has 3 rings (SSSR count). The molecule has 0 heterocycles. The van der Waals surface area contributed by atoms with E-state index in [9.17, 15) is 4.79 Å². The second-order valence-corrected chi connectivity index (χ2v) is 5.89. The number of fused-ring (bicyclic) bond motifs is 1. The van der Waals surface area contributed by atoms with E-state index in [4.69, 9.17) is 5.73 Å². The lowest BCUT2D eigenvalue weighted by atomic mass is 9.69. The molecule has 0 radical (unpaired) electrons. The van der Waals surface area contributed by atoms with Gasteiger partial charge in [0, 0.05) is 18.9 Å². The molecule has 108 valence electrons. The maximum Gasteiger partial charge on any atom is 0.132 e. The van der Waals surface area contributed by atoms with Crippen molar-refractivity contribution in [1.29, 1.82) is 0 Å². The lowest BCUT2D eigenvalue weighted by Crippen LogP contribution is -2.35. The summed E-state index contributed by atoms with van der Waals surface area (Å²) in [5.41, 5.74) is 10.9. The smallest absolute Gasteiger partial charge is 0.132 e. The number of ketones is 1. The van der Waals surface area contributed by atoms with Gasteiger partial charge in [0.2, 0.25) is 0 Å². The molecule has 0 aliphatic heterocycles. The molecular weight excluding hydrogens is 246 g/mol. The Hall–Kier alpha value is -1.41. The second-order valence-electron chi connectivity index (χ2n) is 5.89. The highest BCUT2D eigenvalue weighted by Gasteiger charge is 2.46. The first-order valence-electron chi connectivity index (χ1n) is 7.54. The summed E-state index contributed by atoms with van der Waals surface area (Å²) in [6, 6.07) is 6.67. The Balaban J connectivity index is 0.000000704. The van der Waals surface area contributed by atoms with Gasteiger partial charge in [0.05, 0.1) is 0 Å². The van der Waals surface area contributed by atoms with Crippen LogP contribution in [-0.2, 0) is 17.6 Å².